The molecule has 8 nitrogen and oxygen atoms in total. The van der Waals surface area contributed by atoms with Gasteiger partial charge in [-0.1, -0.05) is 18.2 Å². The largest absolute Gasteiger partial charge is 0.379 e. The van der Waals surface area contributed by atoms with E-state index in [4.69, 9.17) is 4.74 Å². The zero-order chi connectivity index (χ0) is 21.2. The molecule has 0 bridgehead atoms. The predicted octanol–water partition coefficient (Wildman–Crippen LogP) is 2.39. The highest BCUT2D eigenvalue weighted by atomic mass is 16.5. The van der Waals surface area contributed by atoms with Crippen molar-refractivity contribution in [3.63, 3.8) is 0 Å². The summed E-state index contributed by atoms with van der Waals surface area (Å²) in [7, 11) is 0. The molecule has 3 heterocycles. The second-order valence-corrected chi connectivity index (χ2v) is 8.03. The number of imidazole rings is 1. The third-order valence-corrected chi connectivity index (χ3v) is 5.84. The molecule has 2 aromatic carbocycles. The molecular weight excluding hydrogens is 394 g/mol. The Kier molecular flexibility index (Phi) is 5.40. The minimum Gasteiger partial charge on any atom is -0.379 e. The van der Waals surface area contributed by atoms with E-state index in [1.54, 1.807) is 4.90 Å². The van der Waals surface area contributed by atoms with Gasteiger partial charge in [-0.05, 0) is 30.3 Å². The standard InChI is InChI=1S/C23H25N5O3/c29-22-12-16(14-28(22)18-4-2-1-3-5-18)23(30)24-17-6-7-19-20(13-17)26-21(25-19)15-27-8-10-31-11-9-27/h1-7,13,16H,8-12,14-15H2,(H,24,30)(H,25,26). The zero-order valence-electron chi connectivity index (χ0n) is 17.2. The molecule has 2 fully saturated rings. The Balaban J connectivity index is 1.24. The number of fused-ring (bicyclic) bond motifs is 1. The molecule has 0 spiro atoms. The normalized spacial score (nSPS) is 19.8. The molecule has 1 atom stereocenters. The summed E-state index contributed by atoms with van der Waals surface area (Å²) in [6, 6.07) is 15.1. The summed E-state index contributed by atoms with van der Waals surface area (Å²) in [5.74, 6) is 0.365. The van der Waals surface area contributed by atoms with Crippen molar-refractivity contribution in [3.05, 3.63) is 54.4 Å². The molecule has 160 valence electrons. The third kappa shape index (κ3) is 4.30. The van der Waals surface area contributed by atoms with Gasteiger partial charge in [0.2, 0.25) is 11.8 Å². The number of aromatic nitrogens is 2. The lowest BCUT2D eigenvalue weighted by Gasteiger charge is -2.25. The lowest BCUT2D eigenvalue weighted by molar-refractivity contribution is -0.122. The van der Waals surface area contributed by atoms with Gasteiger partial charge in [0.05, 0.1) is 36.7 Å². The molecular formula is C23H25N5O3. The van der Waals surface area contributed by atoms with Gasteiger partial charge >= 0.3 is 0 Å². The molecule has 0 aliphatic carbocycles. The lowest BCUT2D eigenvalue weighted by Crippen LogP contribution is -2.35. The molecule has 0 saturated carbocycles. The van der Waals surface area contributed by atoms with Crippen molar-refractivity contribution in [3.8, 4) is 0 Å². The fourth-order valence-electron chi connectivity index (χ4n) is 4.17. The van der Waals surface area contributed by atoms with Crippen LogP contribution >= 0.6 is 0 Å². The number of nitrogens with zero attached hydrogens (tertiary/aromatic N) is 3. The number of ether oxygens (including phenoxy) is 1. The number of rotatable bonds is 5. The number of anilines is 2. The van der Waals surface area contributed by atoms with E-state index in [-0.39, 0.29) is 24.2 Å². The van der Waals surface area contributed by atoms with Gasteiger partial charge in [0.25, 0.3) is 0 Å². The molecule has 2 saturated heterocycles. The van der Waals surface area contributed by atoms with Gasteiger partial charge in [-0.15, -0.1) is 0 Å². The third-order valence-electron chi connectivity index (χ3n) is 5.84. The minimum atomic E-state index is -0.373. The summed E-state index contributed by atoms with van der Waals surface area (Å²) in [6.07, 6.45) is 0.219. The maximum absolute atomic E-state index is 12.8. The van der Waals surface area contributed by atoms with E-state index in [1.165, 1.54) is 0 Å². The van der Waals surface area contributed by atoms with Crippen LogP contribution in [-0.4, -0.2) is 59.5 Å². The minimum absolute atomic E-state index is 0.0249. The smallest absolute Gasteiger partial charge is 0.229 e. The summed E-state index contributed by atoms with van der Waals surface area (Å²) >= 11 is 0. The first-order chi connectivity index (χ1) is 15.2. The molecule has 2 N–H and O–H groups in total. The highest BCUT2D eigenvalue weighted by Crippen LogP contribution is 2.26. The number of hydrogen-bond acceptors (Lipinski definition) is 5. The van der Waals surface area contributed by atoms with Gasteiger partial charge in [0.1, 0.15) is 5.82 Å². The lowest BCUT2D eigenvalue weighted by atomic mass is 10.1. The van der Waals surface area contributed by atoms with E-state index in [0.717, 1.165) is 55.4 Å². The van der Waals surface area contributed by atoms with Crippen molar-refractivity contribution >= 4 is 34.2 Å². The van der Waals surface area contributed by atoms with Gasteiger partial charge in [0.15, 0.2) is 0 Å². The topological polar surface area (TPSA) is 90.6 Å². The van der Waals surface area contributed by atoms with Crippen molar-refractivity contribution in [2.24, 2.45) is 5.92 Å². The molecule has 31 heavy (non-hydrogen) atoms. The predicted molar refractivity (Wildman–Crippen MR) is 118 cm³/mol. The molecule has 3 aromatic rings. The molecule has 2 aliphatic rings. The van der Waals surface area contributed by atoms with Crippen LogP contribution in [0.4, 0.5) is 11.4 Å². The fourth-order valence-corrected chi connectivity index (χ4v) is 4.17. The zero-order valence-corrected chi connectivity index (χ0v) is 17.2. The first-order valence-corrected chi connectivity index (χ1v) is 10.6. The van der Waals surface area contributed by atoms with E-state index in [2.05, 4.69) is 20.2 Å². The second-order valence-electron chi connectivity index (χ2n) is 8.03. The van der Waals surface area contributed by atoms with Gasteiger partial charge < -0.3 is 19.9 Å². The van der Waals surface area contributed by atoms with E-state index < -0.39 is 0 Å². The number of aromatic amines is 1. The Morgan fingerprint density at radius 2 is 1.97 bits per heavy atom. The summed E-state index contributed by atoms with van der Waals surface area (Å²) < 4.78 is 5.39. The quantitative estimate of drug-likeness (QED) is 0.663. The van der Waals surface area contributed by atoms with Crippen LogP contribution in [0.1, 0.15) is 12.2 Å². The van der Waals surface area contributed by atoms with Crippen molar-refractivity contribution in [2.75, 3.05) is 43.1 Å². The van der Waals surface area contributed by atoms with Gasteiger partial charge in [0, 0.05) is 37.4 Å². The maximum Gasteiger partial charge on any atom is 0.229 e. The Morgan fingerprint density at radius 1 is 1.16 bits per heavy atom. The number of carbonyl (C=O) groups excluding carboxylic acids is 2. The summed E-state index contributed by atoms with van der Waals surface area (Å²) in [5.41, 5.74) is 3.28. The average Bonchev–Trinajstić information content (AvgIpc) is 3.37. The van der Waals surface area contributed by atoms with Crippen LogP contribution in [0.5, 0.6) is 0 Å². The second kappa shape index (κ2) is 8.49. The SMILES string of the molecule is O=C(Nc1ccc2nc(CN3CCOCC3)[nH]c2c1)C1CC(=O)N(c2ccccc2)C1. The number of benzene rings is 2. The molecule has 1 aromatic heterocycles. The summed E-state index contributed by atoms with van der Waals surface area (Å²) in [6.45, 7) is 4.45. The number of amides is 2. The number of morpholine rings is 1. The highest BCUT2D eigenvalue weighted by molar-refractivity contribution is 6.03. The van der Waals surface area contributed by atoms with E-state index in [1.807, 2.05) is 48.5 Å². The molecule has 2 amide bonds. The van der Waals surface area contributed by atoms with Crippen LogP contribution in [0.15, 0.2) is 48.5 Å². The Bertz CT molecular complexity index is 1090. The van der Waals surface area contributed by atoms with E-state index in [9.17, 15) is 9.59 Å². The van der Waals surface area contributed by atoms with Gasteiger partial charge in [-0.2, -0.15) is 0 Å². The Labute approximate surface area is 180 Å². The van der Waals surface area contributed by atoms with E-state index >= 15 is 0 Å². The highest BCUT2D eigenvalue weighted by Gasteiger charge is 2.35. The molecule has 0 radical (unpaired) electrons. The van der Waals surface area contributed by atoms with Crippen LogP contribution in [0.2, 0.25) is 0 Å². The number of H-pyrrole nitrogens is 1. The number of nitrogens with one attached hydrogen (secondary N) is 2. The van der Waals surface area contributed by atoms with Crippen molar-refractivity contribution in [1.82, 2.24) is 14.9 Å². The van der Waals surface area contributed by atoms with Gasteiger partial charge in [-0.3, -0.25) is 14.5 Å². The van der Waals surface area contributed by atoms with Crippen LogP contribution in [0.25, 0.3) is 11.0 Å². The first-order valence-electron chi connectivity index (χ1n) is 10.6. The fraction of sp³-hybridized carbons (Fsp3) is 0.348. The van der Waals surface area contributed by atoms with E-state index in [0.29, 0.717) is 12.2 Å². The van der Waals surface area contributed by atoms with Crippen LogP contribution < -0.4 is 10.2 Å². The average molecular weight is 419 g/mol. The number of carbonyl (C=O) groups is 2. The molecule has 1 unspecified atom stereocenters. The summed E-state index contributed by atoms with van der Waals surface area (Å²) in [4.78, 5) is 37.2. The number of hydrogen-bond donors (Lipinski definition) is 2. The van der Waals surface area contributed by atoms with Crippen molar-refractivity contribution in [1.29, 1.82) is 0 Å². The van der Waals surface area contributed by atoms with Gasteiger partial charge in [-0.25, -0.2) is 4.98 Å². The molecule has 2 aliphatic heterocycles. The first kappa shape index (κ1) is 19.7. The summed E-state index contributed by atoms with van der Waals surface area (Å²) in [5, 5.41) is 2.97. The Hall–Kier alpha value is -3.23. The van der Waals surface area contributed by atoms with Crippen molar-refractivity contribution in [2.45, 2.75) is 13.0 Å². The number of para-hydroxylation sites is 1. The monoisotopic (exact) mass is 419 g/mol. The van der Waals surface area contributed by atoms with Crippen LogP contribution in [0.3, 0.4) is 0 Å². The van der Waals surface area contributed by atoms with Crippen molar-refractivity contribution < 1.29 is 14.3 Å². The Morgan fingerprint density at radius 3 is 2.77 bits per heavy atom. The van der Waals surface area contributed by atoms with Crippen LogP contribution in [-0.2, 0) is 20.9 Å². The van der Waals surface area contributed by atoms with Crippen LogP contribution in [0, 0.1) is 5.92 Å². The maximum atomic E-state index is 12.8. The molecule has 8 heteroatoms. The molecule has 5 rings (SSSR count).